The monoisotopic (exact) mass is 273 g/mol. The molecule has 1 heterocycles. The largest absolute Gasteiger partial charge is 0.372 e. The summed E-state index contributed by atoms with van der Waals surface area (Å²) in [6, 6.07) is 10.4. The number of benzene rings is 1. The van der Waals surface area contributed by atoms with Crippen LogP contribution in [0.3, 0.4) is 0 Å². The summed E-state index contributed by atoms with van der Waals surface area (Å²) in [7, 11) is 2.01. The molecule has 0 radical (unpaired) electrons. The molecule has 0 spiro atoms. The van der Waals surface area contributed by atoms with Gasteiger partial charge in [-0.25, -0.2) is 4.98 Å². The van der Waals surface area contributed by atoms with E-state index in [1.54, 1.807) is 0 Å². The van der Waals surface area contributed by atoms with Crippen LogP contribution in [0, 0.1) is 0 Å². The standard InChI is InChI=1S/C16H23N3O/c1-4-17-14(16-18-11-12-19(16)3)15(20-5-2)13-9-7-6-8-10-13/h6-12,14-15,17H,4-5H2,1-3H3. The van der Waals surface area contributed by atoms with Crippen molar-refractivity contribution in [2.75, 3.05) is 13.2 Å². The molecule has 0 amide bonds. The average Bonchev–Trinajstić information content (AvgIpc) is 2.90. The molecule has 1 aromatic carbocycles. The zero-order valence-corrected chi connectivity index (χ0v) is 12.4. The molecule has 0 bridgehead atoms. The van der Waals surface area contributed by atoms with Gasteiger partial charge in [-0.2, -0.15) is 0 Å². The van der Waals surface area contributed by atoms with Crippen LogP contribution in [0.4, 0.5) is 0 Å². The van der Waals surface area contributed by atoms with Gasteiger partial charge in [0.25, 0.3) is 0 Å². The number of nitrogens with zero attached hydrogens (tertiary/aromatic N) is 2. The third-order valence-electron chi connectivity index (χ3n) is 3.34. The third kappa shape index (κ3) is 3.26. The van der Waals surface area contributed by atoms with Gasteiger partial charge in [0.15, 0.2) is 0 Å². The van der Waals surface area contributed by atoms with E-state index in [0.29, 0.717) is 6.61 Å². The summed E-state index contributed by atoms with van der Waals surface area (Å²) in [5.74, 6) is 0.995. The van der Waals surface area contributed by atoms with E-state index in [1.807, 2.05) is 49.1 Å². The van der Waals surface area contributed by atoms with Crippen molar-refractivity contribution in [2.24, 2.45) is 7.05 Å². The Morgan fingerprint density at radius 2 is 2.00 bits per heavy atom. The molecule has 2 atom stereocenters. The number of hydrogen-bond acceptors (Lipinski definition) is 3. The smallest absolute Gasteiger partial charge is 0.128 e. The van der Waals surface area contributed by atoms with Gasteiger partial charge in [-0.3, -0.25) is 0 Å². The maximum atomic E-state index is 6.01. The second kappa shape index (κ2) is 7.22. The van der Waals surface area contributed by atoms with Gasteiger partial charge in [0.1, 0.15) is 11.9 Å². The van der Waals surface area contributed by atoms with E-state index >= 15 is 0 Å². The normalized spacial score (nSPS) is 14.2. The minimum absolute atomic E-state index is 0.0396. The van der Waals surface area contributed by atoms with Crippen LogP contribution in [-0.4, -0.2) is 22.7 Å². The van der Waals surface area contributed by atoms with Crippen molar-refractivity contribution >= 4 is 0 Å². The van der Waals surface area contributed by atoms with Crippen molar-refractivity contribution in [3.63, 3.8) is 0 Å². The number of likely N-dealkylation sites (N-methyl/N-ethyl adjacent to an activating group) is 1. The van der Waals surface area contributed by atoms with Gasteiger partial charge >= 0.3 is 0 Å². The molecule has 2 unspecified atom stereocenters. The van der Waals surface area contributed by atoms with E-state index in [4.69, 9.17) is 4.74 Å². The van der Waals surface area contributed by atoms with Crippen LogP contribution in [0.5, 0.6) is 0 Å². The number of nitrogens with one attached hydrogen (secondary N) is 1. The summed E-state index contributed by atoms with van der Waals surface area (Å²) in [5.41, 5.74) is 1.17. The molecule has 0 aliphatic heterocycles. The lowest BCUT2D eigenvalue weighted by Gasteiger charge is -2.27. The summed E-state index contributed by atoms with van der Waals surface area (Å²) in [6.45, 7) is 5.67. The molecule has 0 fully saturated rings. The Kier molecular flexibility index (Phi) is 5.32. The summed E-state index contributed by atoms with van der Waals surface area (Å²) in [6.07, 6.45) is 3.75. The van der Waals surface area contributed by atoms with Crippen LogP contribution in [0.15, 0.2) is 42.7 Å². The Morgan fingerprint density at radius 1 is 1.25 bits per heavy atom. The minimum Gasteiger partial charge on any atom is -0.372 e. The lowest BCUT2D eigenvalue weighted by atomic mass is 10.0. The number of aromatic nitrogens is 2. The number of rotatable bonds is 7. The Labute approximate surface area is 120 Å². The van der Waals surface area contributed by atoms with Gasteiger partial charge in [-0.15, -0.1) is 0 Å². The van der Waals surface area contributed by atoms with Crippen LogP contribution in [0.2, 0.25) is 0 Å². The Bertz CT molecular complexity index is 509. The molecule has 2 aromatic rings. The van der Waals surface area contributed by atoms with Crippen LogP contribution >= 0.6 is 0 Å². The molecule has 0 aliphatic rings. The van der Waals surface area contributed by atoms with E-state index in [9.17, 15) is 0 Å². The van der Waals surface area contributed by atoms with Crippen molar-refractivity contribution in [3.8, 4) is 0 Å². The molecule has 4 heteroatoms. The van der Waals surface area contributed by atoms with Crippen LogP contribution in [-0.2, 0) is 11.8 Å². The molecule has 108 valence electrons. The maximum Gasteiger partial charge on any atom is 0.128 e. The lowest BCUT2D eigenvalue weighted by Crippen LogP contribution is -2.30. The summed E-state index contributed by atoms with van der Waals surface area (Å²) in [5, 5.41) is 3.50. The molecule has 0 saturated carbocycles. The van der Waals surface area contributed by atoms with E-state index in [1.165, 1.54) is 5.56 Å². The average molecular weight is 273 g/mol. The van der Waals surface area contributed by atoms with Gasteiger partial charge in [0.05, 0.1) is 6.04 Å². The second-order valence-electron chi connectivity index (χ2n) is 4.72. The molecule has 20 heavy (non-hydrogen) atoms. The zero-order valence-electron chi connectivity index (χ0n) is 12.4. The van der Waals surface area contributed by atoms with Gasteiger partial charge in [0, 0.05) is 26.0 Å². The minimum atomic E-state index is -0.0396. The van der Waals surface area contributed by atoms with Gasteiger partial charge in [0.2, 0.25) is 0 Å². The van der Waals surface area contributed by atoms with E-state index < -0.39 is 0 Å². The fourth-order valence-electron chi connectivity index (χ4n) is 2.44. The molecule has 4 nitrogen and oxygen atoms in total. The van der Waals surface area contributed by atoms with Gasteiger partial charge in [-0.1, -0.05) is 37.3 Å². The molecule has 1 aromatic heterocycles. The SMILES string of the molecule is CCNC(c1nccn1C)C(OCC)c1ccccc1. The fraction of sp³-hybridized carbons (Fsp3) is 0.438. The highest BCUT2D eigenvalue weighted by Crippen LogP contribution is 2.31. The molecule has 1 N–H and O–H groups in total. The van der Waals surface area contributed by atoms with Crippen molar-refractivity contribution in [2.45, 2.75) is 26.0 Å². The first kappa shape index (κ1) is 14.8. The molecule has 0 aliphatic carbocycles. The fourth-order valence-corrected chi connectivity index (χ4v) is 2.44. The molecule has 2 rings (SSSR count). The zero-order chi connectivity index (χ0) is 14.4. The maximum absolute atomic E-state index is 6.01. The second-order valence-corrected chi connectivity index (χ2v) is 4.72. The van der Waals surface area contributed by atoms with E-state index in [2.05, 4.69) is 29.4 Å². The van der Waals surface area contributed by atoms with Crippen molar-refractivity contribution in [1.82, 2.24) is 14.9 Å². The van der Waals surface area contributed by atoms with E-state index in [0.717, 1.165) is 12.4 Å². The Hall–Kier alpha value is -1.65. The first-order chi connectivity index (χ1) is 9.77. The van der Waals surface area contributed by atoms with Crippen molar-refractivity contribution in [1.29, 1.82) is 0 Å². The van der Waals surface area contributed by atoms with Crippen molar-refractivity contribution in [3.05, 3.63) is 54.1 Å². The Balaban J connectivity index is 2.35. The topological polar surface area (TPSA) is 39.1 Å². The summed E-state index contributed by atoms with van der Waals surface area (Å²) >= 11 is 0. The summed E-state index contributed by atoms with van der Waals surface area (Å²) < 4.78 is 8.05. The molecular weight excluding hydrogens is 250 g/mol. The number of hydrogen-bond donors (Lipinski definition) is 1. The quantitative estimate of drug-likeness (QED) is 0.843. The van der Waals surface area contributed by atoms with Crippen LogP contribution < -0.4 is 5.32 Å². The van der Waals surface area contributed by atoms with Crippen LogP contribution in [0.1, 0.15) is 37.4 Å². The molecule has 0 saturated heterocycles. The summed E-state index contributed by atoms with van der Waals surface area (Å²) in [4.78, 5) is 4.48. The van der Waals surface area contributed by atoms with Crippen molar-refractivity contribution < 1.29 is 4.74 Å². The van der Waals surface area contributed by atoms with Gasteiger partial charge < -0.3 is 14.6 Å². The predicted molar refractivity (Wildman–Crippen MR) is 80.4 cm³/mol. The third-order valence-corrected chi connectivity index (χ3v) is 3.34. The van der Waals surface area contributed by atoms with Gasteiger partial charge in [-0.05, 0) is 19.0 Å². The Morgan fingerprint density at radius 3 is 2.55 bits per heavy atom. The number of ether oxygens (including phenoxy) is 1. The molecular formula is C16H23N3O. The first-order valence-electron chi connectivity index (χ1n) is 7.15. The number of aryl methyl sites for hydroxylation is 1. The highest BCUT2D eigenvalue weighted by molar-refractivity contribution is 5.21. The lowest BCUT2D eigenvalue weighted by molar-refractivity contribution is 0.0301. The highest BCUT2D eigenvalue weighted by atomic mass is 16.5. The van der Waals surface area contributed by atoms with E-state index in [-0.39, 0.29) is 12.1 Å². The van der Waals surface area contributed by atoms with Crippen LogP contribution in [0.25, 0.3) is 0 Å². The highest BCUT2D eigenvalue weighted by Gasteiger charge is 2.27. The first-order valence-corrected chi connectivity index (χ1v) is 7.15. The number of imidazole rings is 1. The predicted octanol–water partition coefficient (Wildman–Crippen LogP) is 2.85.